The fourth-order valence-electron chi connectivity index (χ4n) is 1.37. The van der Waals surface area contributed by atoms with Crippen LogP contribution in [0.5, 0.6) is 0 Å². The van der Waals surface area contributed by atoms with E-state index in [1.807, 2.05) is 5.32 Å². The molecule has 1 atom stereocenters. The number of anilines is 1. The molecule has 82 valence electrons. The number of rotatable bonds is 1. The Morgan fingerprint density at radius 3 is 2.38 bits per heavy atom. The molecule has 1 unspecified atom stereocenters. The highest BCUT2D eigenvalue weighted by atomic mass is 35.5. The zero-order valence-electron chi connectivity index (χ0n) is 8.01. The van der Waals surface area contributed by atoms with Crippen molar-refractivity contribution >= 4 is 35.1 Å². The second kappa shape index (κ2) is 3.94. The van der Waals surface area contributed by atoms with E-state index in [0.717, 1.165) is 4.90 Å². The monoisotopic (exact) mass is 238 g/mol. The number of carbonyl (C=O) groups excluding carboxylic acids is 3. The second-order valence-electron chi connectivity index (χ2n) is 3.17. The average molecular weight is 239 g/mol. The number of para-hydroxylation sites is 1. The van der Waals surface area contributed by atoms with Gasteiger partial charge < -0.3 is 0 Å². The summed E-state index contributed by atoms with van der Waals surface area (Å²) >= 11 is 5.57. The fourth-order valence-corrected chi connectivity index (χ4v) is 1.52. The van der Waals surface area contributed by atoms with Gasteiger partial charge in [-0.3, -0.25) is 14.9 Å². The Morgan fingerprint density at radius 1 is 1.12 bits per heavy atom. The van der Waals surface area contributed by atoms with Crippen molar-refractivity contribution in [1.82, 2.24) is 5.32 Å². The number of halogens is 1. The van der Waals surface area contributed by atoms with Crippen molar-refractivity contribution in [3.8, 4) is 0 Å². The van der Waals surface area contributed by atoms with Crippen molar-refractivity contribution in [3.05, 3.63) is 30.3 Å². The minimum atomic E-state index is -1.36. The number of alkyl halides is 1. The summed E-state index contributed by atoms with van der Waals surface area (Å²) in [6.45, 7) is 0. The summed E-state index contributed by atoms with van der Waals surface area (Å²) in [7, 11) is 0. The Bertz CT molecular complexity index is 460. The SMILES string of the molecule is O=C1NC(=O)N(c2ccccc2)C(=O)C1Cl. The molecule has 1 fully saturated rings. The fraction of sp³-hybridized carbons (Fsp3) is 0.100. The Kier molecular flexibility index (Phi) is 2.62. The third-order valence-electron chi connectivity index (χ3n) is 2.12. The van der Waals surface area contributed by atoms with Crippen molar-refractivity contribution in [1.29, 1.82) is 0 Å². The van der Waals surface area contributed by atoms with Crippen molar-refractivity contribution in [3.63, 3.8) is 0 Å². The number of nitrogens with zero attached hydrogens (tertiary/aromatic N) is 1. The van der Waals surface area contributed by atoms with Crippen molar-refractivity contribution in [2.75, 3.05) is 4.90 Å². The molecule has 1 N–H and O–H groups in total. The number of nitrogens with one attached hydrogen (secondary N) is 1. The molecule has 5 nitrogen and oxygen atoms in total. The van der Waals surface area contributed by atoms with Gasteiger partial charge in [0, 0.05) is 0 Å². The first kappa shape index (κ1) is 10.6. The van der Waals surface area contributed by atoms with Crippen LogP contribution in [0.3, 0.4) is 0 Å². The predicted octanol–water partition coefficient (Wildman–Crippen LogP) is 0.877. The van der Waals surface area contributed by atoms with Crippen LogP contribution in [0.15, 0.2) is 30.3 Å². The number of urea groups is 1. The van der Waals surface area contributed by atoms with Gasteiger partial charge in [0.05, 0.1) is 5.69 Å². The normalized spacial score (nSPS) is 20.9. The minimum absolute atomic E-state index is 0.378. The standard InChI is InChI=1S/C10H7ClN2O3/c11-7-8(14)12-10(16)13(9(7)15)6-4-2-1-3-5-6/h1-5,7H,(H,12,14,16). The van der Waals surface area contributed by atoms with Crippen LogP contribution in [-0.2, 0) is 9.59 Å². The molecule has 6 heteroatoms. The number of amides is 4. The van der Waals surface area contributed by atoms with Gasteiger partial charge in [-0.2, -0.15) is 0 Å². The number of hydrogen-bond acceptors (Lipinski definition) is 3. The molecular formula is C10H7ClN2O3. The van der Waals surface area contributed by atoms with Crippen LogP contribution < -0.4 is 10.2 Å². The van der Waals surface area contributed by atoms with Gasteiger partial charge in [-0.1, -0.05) is 18.2 Å². The van der Waals surface area contributed by atoms with Gasteiger partial charge in [0.15, 0.2) is 5.38 Å². The first-order valence-corrected chi connectivity index (χ1v) is 4.93. The highest BCUT2D eigenvalue weighted by Gasteiger charge is 2.39. The number of barbiturate groups is 1. The van der Waals surface area contributed by atoms with E-state index in [1.54, 1.807) is 30.3 Å². The summed E-state index contributed by atoms with van der Waals surface area (Å²) in [6.07, 6.45) is 0. The lowest BCUT2D eigenvalue weighted by atomic mass is 10.2. The summed E-state index contributed by atoms with van der Waals surface area (Å²) in [6, 6.07) is 7.48. The maximum Gasteiger partial charge on any atom is 0.335 e. The molecule has 0 aromatic heterocycles. The van der Waals surface area contributed by atoms with Gasteiger partial charge in [0.2, 0.25) is 0 Å². The van der Waals surface area contributed by atoms with Crippen LogP contribution in [0.2, 0.25) is 0 Å². The van der Waals surface area contributed by atoms with E-state index in [4.69, 9.17) is 11.6 Å². The van der Waals surface area contributed by atoms with E-state index < -0.39 is 23.2 Å². The van der Waals surface area contributed by atoms with E-state index in [-0.39, 0.29) is 0 Å². The Hall–Kier alpha value is -1.88. The van der Waals surface area contributed by atoms with Crippen LogP contribution in [0, 0.1) is 0 Å². The van der Waals surface area contributed by atoms with Crippen molar-refractivity contribution in [2.45, 2.75) is 5.38 Å². The molecule has 4 amide bonds. The molecule has 0 bridgehead atoms. The van der Waals surface area contributed by atoms with Crippen LogP contribution in [0.25, 0.3) is 0 Å². The van der Waals surface area contributed by atoms with E-state index in [9.17, 15) is 14.4 Å². The molecule has 1 aromatic rings. The molecule has 0 saturated carbocycles. The van der Waals surface area contributed by atoms with E-state index in [0.29, 0.717) is 5.69 Å². The molecule has 0 radical (unpaired) electrons. The van der Waals surface area contributed by atoms with Gasteiger partial charge in [0.1, 0.15) is 0 Å². The highest BCUT2D eigenvalue weighted by molar-refractivity contribution is 6.48. The van der Waals surface area contributed by atoms with Crippen LogP contribution in [0.4, 0.5) is 10.5 Å². The maximum atomic E-state index is 11.7. The molecule has 0 aliphatic carbocycles. The first-order chi connectivity index (χ1) is 7.61. The third-order valence-corrected chi connectivity index (χ3v) is 2.50. The van der Waals surface area contributed by atoms with Gasteiger partial charge >= 0.3 is 6.03 Å². The van der Waals surface area contributed by atoms with E-state index in [1.165, 1.54) is 0 Å². The zero-order valence-corrected chi connectivity index (χ0v) is 8.77. The molecule has 1 aliphatic heterocycles. The molecule has 2 rings (SSSR count). The maximum absolute atomic E-state index is 11.7. The van der Waals surface area contributed by atoms with E-state index >= 15 is 0 Å². The van der Waals surface area contributed by atoms with Crippen LogP contribution in [0.1, 0.15) is 0 Å². The number of benzene rings is 1. The summed E-state index contributed by atoms with van der Waals surface area (Å²) in [5.41, 5.74) is 0.378. The van der Waals surface area contributed by atoms with Crippen LogP contribution in [-0.4, -0.2) is 23.2 Å². The summed E-state index contributed by atoms with van der Waals surface area (Å²) < 4.78 is 0. The summed E-state index contributed by atoms with van der Waals surface area (Å²) in [5.74, 6) is -1.52. The van der Waals surface area contributed by atoms with Gasteiger partial charge in [-0.15, -0.1) is 11.6 Å². The highest BCUT2D eigenvalue weighted by Crippen LogP contribution is 2.19. The zero-order chi connectivity index (χ0) is 11.7. The average Bonchev–Trinajstić information content (AvgIpc) is 2.28. The Morgan fingerprint density at radius 2 is 1.75 bits per heavy atom. The molecular weight excluding hydrogens is 232 g/mol. The van der Waals surface area contributed by atoms with Crippen LogP contribution >= 0.6 is 11.6 Å². The quantitative estimate of drug-likeness (QED) is 0.583. The smallest absolute Gasteiger partial charge is 0.276 e. The topological polar surface area (TPSA) is 66.5 Å². The Balaban J connectivity index is 2.38. The summed E-state index contributed by atoms with van der Waals surface area (Å²) in [5, 5.41) is 0.640. The minimum Gasteiger partial charge on any atom is -0.276 e. The largest absolute Gasteiger partial charge is 0.335 e. The molecule has 0 spiro atoms. The summed E-state index contributed by atoms with van der Waals surface area (Å²) in [4.78, 5) is 35.1. The number of carbonyl (C=O) groups is 3. The molecule has 1 heterocycles. The predicted molar refractivity (Wildman–Crippen MR) is 57.1 cm³/mol. The lowest BCUT2D eigenvalue weighted by Gasteiger charge is -2.27. The molecule has 1 aliphatic rings. The Labute approximate surface area is 96.0 Å². The lowest BCUT2D eigenvalue weighted by Crippen LogP contribution is -2.59. The molecule has 16 heavy (non-hydrogen) atoms. The van der Waals surface area contributed by atoms with Gasteiger partial charge in [-0.25, -0.2) is 9.69 Å². The third kappa shape index (κ3) is 1.65. The van der Waals surface area contributed by atoms with E-state index in [2.05, 4.69) is 0 Å². The first-order valence-electron chi connectivity index (χ1n) is 4.49. The number of hydrogen-bond donors (Lipinski definition) is 1. The van der Waals surface area contributed by atoms with Gasteiger partial charge in [-0.05, 0) is 12.1 Å². The second-order valence-corrected chi connectivity index (χ2v) is 3.60. The number of imide groups is 2. The van der Waals surface area contributed by atoms with Crippen molar-refractivity contribution in [2.24, 2.45) is 0 Å². The lowest BCUT2D eigenvalue weighted by molar-refractivity contribution is -0.127. The van der Waals surface area contributed by atoms with Crippen molar-refractivity contribution < 1.29 is 14.4 Å². The van der Waals surface area contributed by atoms with Gasteiger partial charge in [0.25, 0.3) is 11.8 Å². The molecule has 1 saturated heterocycles. The molecule has 1 aromatic carbocycles.